The minimum atomic E-state index is -1.29. The third-order valence-corrected chi connectivity index (χ3v) is 3.58. The molecule has 6 heteroatoms. The molecular formula is C16H14FN3O2. The van der Waals surface area contributed by atoms with Gasteiger partial charge in [0.2, 0.25) is 0 Å². The number of imide groups is 1. The first-order chi connectivity index (χ1) is 10.6. The van der Waals surface area contributed by atoms with Gasteiger partial charge in [0.05, 0.1) is 23.3 Å². The Kier molecular flexibility index (Phi) is 4.85. The van der Waals surface area contributed by atoms with Crippen LogP contribution in [-0.2, 0) is 0 Å². The molecule has 0 spiro atoms. The van der Waals surface area contributed by atoms with Gasteiger partial charge in [-0.1, -0.05) is 12.1 Å². The molecule has 0 N–H and O–H groups in total. The highest BCUT2D eigenvalue weighted by Crippen LogP contribution is 2.23. The van der Waals surface area contributed by atoms with Crippen LogP contribution in [0.4, 0.5) is 4.39 Å². The van der Waals surface area contributed by atoms with Gasteiger partial charge in [0.15, 0.2) is 0 Å². The van der Waals surface area contributed by atoms with E-state index in [-0.39, 0.29) is 31.2 Å². The molecule has 1 heterocycles. The summed E-state index contributed by atoms with van der Waals surface area (Å²) in [5.74, 6) is -1.68. The van der Waals surface area contributed by atoms with Gasteiger partial charge >= 0.3 is 0 Å². The maximum Gasteiger partial charge on any atom is 0.261 e. The predicted molar refractivity (Wildman–Crippen MR) is 75.3 cm³/mol. The maximum atomic E-state index is 13.7. The molecule has 112 valence electrons. The zero-order valence-corrected chi connectivity index (χ0v) is 11.8. The first-order valence-corrected chi connectivity index (χ1v) is 6.97. The number of nitriles is 2. The highest BCUT2D eigenvalue weighted by atomic mass is 19.1. The second kappa shape index (κ2) is 6.82. The van der Waals surface area contributed by atoms with Gasteiger partial charge in [-0.25, -0.2) is 4.39 Å². The van der Waals surface area contributed by atoms with Gasteiger partial charge in [0, 0.05) is 13.0 Å². The van der Waals surface area contributed by atoms with E-state index in [0.29, 0.717) is 17.5 Å². The van der Waals surface area contributed by atoms with Crippen molar-refractivity contribution in [3.63, 3.8) is 0 Å². The normalized spacial score (nSPS) is 14.6. The van der Waals surface area contributed by atoms with Crippen LogP contribution in [0.3, 0.4) is 0 Å². The summed E-state index contributed by atoms with van der Waals surface area (Å²) in [6, 6.07) is 10.0. The van der Waals surface area contributed by atoms with Crippen molar-refractivity contribution >= 4 is 11.8 Å². The summed E-state index contributed by atoms with van der Waals surface area (Å²) >= 11 is 0. The standard InChI is InChI=1S/C16H14FN3O2/c17-12(8-11(9-18)10-19)4-3-7-20-15(21)13-5-1-2-6-14(13)16(20)22/h1-2,5-6,11-12H,3-4,7-8H2. The fourth-order valence-corrected chi connectivity index (χ4v) is 2.42. The molecule has 1 aliphatic rings. The number of hydrogen-bond donors (Lipinski definition) is 0. The first-order valence-electron chi connectivity index (χ1n) is 6.97. The molecule has 1 unspecified atom stereocenters. The Hall–Kier alpha value is -2.73. The van der Waals surface area contributed by atoms with Crippen LogP contribution in [0.2, 0.25) is 0 Å². The minimum Gasteiger partial charge on any atom is -0.274 e. The Morgan fingerprint density at radius 3 is 2.14 bits per heavy atom. The Balaban J connectivity index is 1.87. The quantitative estimate of drug-likeness (QED) is 0.755. The Morgan fingerprint density at radius 2 is 1.64 bits per heavy atom. The van der Waals surface area contributed by atoms with E-state index >= 15 is 0 Å². The first kappa shape index (κ1) is 15.7. The fraction of sp³-hybridized carbons (Fsp3) is 0.375. The van der Waals surface area contributed by atoms with Crippen LogP contribution >= 0.6 is 0 Å². The van der Waals surface area contributed by atoms with Crippen molar-refractivity contribution in [1.29, 1.82) is 10.5 Å². The number of benzene rings is 1. The van der Waals surface area contributed by atoms with Gasteiger partial charge < -0.3 is 0 Å². The zero-order valence-electron chi connectivity index (χ0n) is 11.8. The number of carbonyl (C=O) groups is 2. The molecule has 0 saturated heterocycles. The summed E-state index contributed by atoms with van der Waals surface area (Å²) < 4.78 is 13.7. The maximum absolute atomic E-state index is 13.7. The van der Waals surface area contributed by atoms with Crippen molar-refractivity contribution in [2.24, 2.45) is 5.92 Å². The molecule has 1 aromatic rings. The van der Waals surface area contributed by atoms with E-state index in [1.165, 1.54) is 0 Å². The summed E-state index contributed by atoms with van der Waals surface area (Å²) in [6.07, 6.45) is -1.03. The van der Waals surface area contributed by atoms with Gasteiger partial charge in [0.1, 0.15) is 12.1 Å². The molecular weight excluding hydrogens is 285 g/mol. The summed E-state index contributed by atoms with van der Waals surface area (Å²) in [4.78, 5) is 25.3. The van der Waals surface area contributed by atoms with Crippen LogP contribution in [0.5, 0.6) is 0 Å². The summed E-state index contributed by atoms with van der Waals surface area (Å²) in [5, 5.41) is 17.2. The summed E-state index contributed by atoms with van der Waals surface area (Å²) in [6.45, 7) is 0.135. The third-order valence-electron chi connectivity index (χ3n) is 3.58. The molecule has 1 atom stereocenters. The van der Waals surface area contributed by atoms with Crippen molar-refractivity contribution in [2.45, 2.75) is 25.4 Å². The molecule has 1 aliphatic heterocycles. The Bertz CT molecular complexity index is 626. The lowest BCUT2D eigenvalue weighted by atomic mass is 10.0. The predicted octanol–water partition coefficient (Wildman–Crippen LogP) is 2.45. The molecule has 5 nitrogen and oxygen atoms in total. The highest BCUT2D eigenvalue weighted by Gasteiger charge is 2.34. The lowest BCUT2D eigenvalue weighted by Crippen LogP contribution is -2.31. The average molecular weight is 299 g/mol. The van der Waals surface area contributed by atoms with E-state index in [2.05, 4.69) is 0 Å². The van der Waals surface area contributed by atoms with E-state index in [1.807, 2.05) is 0 Å². The lowest BCUT2D eigenvalue weighted by Gasteiger charge is -2.14. The van der Waals surface area contributed by atoms with E-state index < -0.39 is 12.1 Å². The smallest absolute Gasteiger partial charge is 0.261 e. The zero-order chi connectivity index (χ0) is 16.1. The topological polar surface area (TPSA) is 85.0 Å². The van der Waals surface area contributed by atoms with Crippen molar-refractivity contribution in [3.8, 4) is 12.1 Å². The number of amides is 2. The molecule has 2 rings (SSSR count). The largest absolute Gasteiger partial charge is 0.274 e. The molecule has 0 aliphatic carbocycles. The van der Waals surface area contributed by atoms with E-state index in [1.54, 1.807) is 36.4 Å². The van der Waals surface area contributed by atoms with Crippen LogP contribution in [0, 0.1) is 28.6 Å². The molecule has 1 aromatic carbocycles. The van der Waals surface area contributed by atoms with Crippen LogP contribution in [0.1, 0.15) is 40.0 Å². The second-order valence-electron chi connectivity index (χ2n) is 5.09. The number of fused-ring (bicyclic) bond motifs is 1. The Morgan fingerprint density at radius 1 is 1.09 bits per heavy atom. The second-order valence-corrected chi connectivity index (χ2v) is 5.09. The van der Waals surface area contributed by atoms with Crippen LogP contribution in [0.25, 0.3) is 0 Å². The van der Waals surface area contributed by atoms with Gasteiger partial charge in [-0.3, -0.25) is 14.5 Å². The number of alkyl halides is 1. The molecule has 0 saturated carbocycles. The molecule has 0 fully saturated rings. The number of halogens is 1. The lowest BCUT2D eigenvalue weighted by molar-refractivity contribution is 0.0647. The van der Waals surface area contributed by atoms with E-state index in [9.17, 15) is 14.0 Å². The van der Waals surface area contributed by atoms with Crippen LogP contribution in [0.15, 0.2) is 24.3 Å². The number of hydrogen-bond acceptors (Lipinski definition) is 4. The minimum absolute atomic E-state index is 0.104. The number of carbonyl (C=O) groups excluding carboxylic acids is 2. The van der Waals surface area contributed by atoms with Crippen molar-refractivity contribution < 1.29 is 14.0 Å². The number of rotatable bonds is 6. The summed E-state index contributed by atoms with van der Waals surface area (Å²) in [5.41, 5.74) is 0.747. The van der Waals surface area contributed by atoms with Gasteiger partial charge in [-0.05, 0) is 25.0 Å². The van der Waals surface area contributed by atoms with Crippen molar-refractivity contribution in [1.82, 2.24) is 4.90 Å². The summed E-state index contributed by atoms with van der Waals surface area (Å²) in [7, 11) is 0. The fourth-order valence-electron chi connectivity index (χ4n) is 2.42. The third kappa shape index (κ3) is 3.12. The molecule has 2 amide bonds. The monoisotopic (exact) mass is 299 g/mol. The van der Waals surface area contributed by atoms with Gasteiger partial charge in [-0.15, -0.1) is 0 Å². The highest BCUT2D eigenvalue weighted by molar-refractivity contribution is 6.21. The van der Waals surface area contributed by atoms with Crippen molar-refractivity contribution in [3.05, 3.63) is 35.4 Å². The van der Waals surface area contributed by atoms with Crippen molar-refractivity contribution in [2.75, 3.05) is 6.54 Å². The Labute approximate surface area is 127 Å². The van der Waals surface area contributed by atoms with Crippen LogP contribution < -0.4 is 0 Å². The molecule has 22 heavy (non-hydrogen) atoms. The van der Waals surface area contributed by atoms with E-state index in [0.717, 1.165) is 4.90 Å². The molecule has 0 bridgehead atoms. The van der Waals surface area contributed by atoms with Gasteiger partial charge in [-0.2, -0.15) is 10.5 Å². The van der Waals surface area contributed by atoms with Gasteiger partial charge in [0.25, 0.3) is 11.8 Å². The van der Waals surface area contributed by atoms with E-state index in [4.69, 9.17) is 10.5 Å². The number of nitrogens with zero attached hydrogens (tertiary/aromatic N) is 3. The van der Waals surface area contributed by atoms with Crippen LogP contribution in [-0.4, -0.2) is 29.4 Å². The molecule has 0 radical (unpaired) electrons. The average Bonchev–Trinajstić information content (AvgIpc) is 2.78. The SMILES string of the molecule is N#CC(C#N)CC(F)CCCN1C(=O)c2ccccc2C1=O. The molecule has 0 aromatic heterocycles.